The number of aromatic amines is 1. The average Bonchev–Trinajstić information content (AvgIpc) is 3.04. The van der Waals surface area contributed by atoms with Gasteiger partial charge in [-0.3, -0.25) is 4.98 Å². The van der Waals surface area contributed by atoms with Crippen LogP contribution in [0.4, 0.5) is 0 Å². The first-order valence-corrected chi connectivity index (χ1v) is 6.11. The maximum atomic E-state index is 5.24. The zero-order chi connectivity index (χ0) is 12.1. The third-order valence-corrected chi connectivity index (χ3v) is 3.42. The van der Waals surface area contributed by atoms with E-state index in [1.165, 1.54) is 17.7 Å². The molecule has 0 atom stereocenters. The summed E-state index contributed by atoms with van der Waals surface area (Å²) in [6, 6.07) is 1.88. The van der Waals surface area contributed by atoms with Crippen LogP contribution in [0, 0.1) is 6.92 Å². The molecule has 4 rings (SSSR count). The predicted molar refractivity (Wildman–Crippen MR) is 66.1 cm³/mol. The molecule has 5 heteroatoms. The van der Waals surface area contributed by atoms with Crippen molar-refractivity contribution in [2.45, 2.75) is 26.2 Å². The molecule has 0 saturated carbocycles. The van der Waals surface area contributed by atoms with Gasteiger partial charge in [0.1, 0.15) is 0 Å². The Labute approximate surface area is 103 Å². The first kappa shape index (κ1) is 9.82. The monoisotopic (exact) mass is 240 g/mol. The number of hydrogen-bond acceptors (Lipinski definition) is 4. The Bertz CT molecular complexity index is 741. The zero-order valence-electron chi connectivity index (χ0n) is 10.0. The third-order valence-electron chi connectivity index (χ3n) is 3.42. The quantitative estimate of drug-likeness (QED) is 0.709. The highest BCUT2D eigenvalue weighted by molar-refractivity contribution is 5.82. The SMILES string of the molecule is Cc1cc(-c2nc3c4c(ncc3[nH]2)CCC4)on1. The summed E-state index contributed by atoms with van der Waals surface area (Å²) in [5, 5.41) is 3.89. The van der Waals surface area contributed by atoms with Crippen LogP contribution >= 0.6 is 0 Å². The van der Waals surface area contributed by atoms with Crippen LogP contribution in [-0.4, -0.2) is 20.1 Å². The van der Waals surface area contributed by atoms with Crippen molar-refractivity contribution in [1.29, 1.82) is 0 Å². The molecule has 3 aromatic heterocycles. The lowest BCUT2D eigenvalue weighted by atomic mass is 10.2. The smallest absolute Gasteiger partial charge is 0.202 e. The molecule has 0 fully saturated rings. The molecule has 0 saturated heterocycles. The highest BCUT2D eigenvalue weighted by Gasteiger charge is 2.19. The normalized spacial score (nSPS) is 14.3. The van der Waals surface area contributed by atoms with Crippen molar-refractivity contribution < 1.29 is 4.52 Å². The Morgan fingerprint density at radius 2 is 2.28 bits per heavy atom. The van der Waals surface area contributed by atoms with Crippen LogP contribution in [0.25, 0.3) is 22.6 Å². The molecule has 0 radical (unpaired) electrons. The van der Waals surface area contributed by atoms with Gasteiger partial charge in [-0.15, -0.1) is 0 Å². The van der Waals surface area contributed by atoms with Crippen LogP contribution in [0.1, 0.15) is 23.4 Å². The Morgan fingerprint density at radius 1 is 1.33 bits per heavy atom. The van der Waals surface area contributed by atoms with Gasteiger partial charge in [-0.05, 0) is 26.2 Å². The molecular weight excluding hydrogens is 228 g/mol. The van der Waals surface area contributed by atoms with Gasteiger partial charge in [0.05, 0.1) is 22.9 Å². The first-order chi connectivity index (χ1) is 8.81. The van der Waals surface area contributed by atoms with E-state index < -0.39 is 0 Å². The lowest BCUT2D eigenvalue weighted by Crippen LogP contribution is -1.88. The molecule has 1 aliphatic carbocycles. The molecule has 1 N–H and O–H groups in total. The summed E-state index contributed by atoms with van der Waals surface area (Å²) in [6.45, 7) is 1.90. The topological polar surface area (TPSA) is 67.6 Å². The molecule has 0 spiro atoms. The summed E-state index contributed by atoms with van der Waals surface area (Å²) in [4.78, 5) is 12.4. The van der Waals surface area contributed by atoms with Crippen LogP contribution in [0.5, 0.6) is 0 Å². The number of imidazole rings is 1. The van der Waals surface area contributed by atoms with Crippen LogP contribution in [-0.2, 0) is 12.8 Å². The van der Waals surface area contributed by atoms with E-state index in [0.717, 1.165) is 35.4 Å². The van der Waals surface area contributed by atoms with Gasteiger partial charge in [-0.25, -0.2) is 4.98 Å². The summed E-state index contributed by atoms with van der Waals surface area (Å²) in [7, 11) is 0. The minimum atomic E-state index is 0.676. The van der Waals surface area contributed by atoms with Crippen molar-refractivity contribution in [3.8, 4) is 11.6 Å². The molecule has 5 nitrogen and oxygen atoms in total. The van der Waals surface area contributed by atoms with Crippen molar-refractivity contribution in [3.05, 3.63) is 29.2 Å². The third kappa shape index (κ3) is 1.30. The van der Waals surface area contributed by atoms with E-state index in [9.17, 15) is 0 Å². The highest BCUT2D eigenvalue weighted by atomic mass is 16.5. The zero-order valence-corrected chi connectivity index (χ0v) is 10.0. The predicted octanol–water partition coefficient (Wildman–Crippen LogP) is 2.41. The summed E-state index contributed by atoms with van der Waals surface area (Å²) in [5.41, 5.74) is 5.33. The molecule has 3 aromatic rings. The van der Waals surface area contributed by atoms with Crippen LogP contribution in [0.3, 0.4) is 0 Å². The number of pyridine rings is 1. The van der Waals surface area contributed by atoms with Gasteiger partial charge in [0.15, 0.2) is 5.82 Å². The molecule has 18 heavy (non-hydrogen) atoms. The van der Waals surface area contributed by atoms with Crippen molar-refractivity contribution in [2.75, 3.05) is 0 Å². The Hall–Kier alpha value is -2.17. The van der Waals surface area contributed by atoms with Gasteiger partial charge < -0.3 is 9.51 Å². The fourth-order valence-electron chi connectivity index (χ4n) is 2.57. The van der Waals surface area contributed by atoms with Gasteiger partial charge in [0.2, 0.25) is 5.76 Å². The van der Waals surface area contributed by atoms with Crippen molar-refractivity contribution in [1.82, 2.24) is 20.1 Å². The van der Waals surface area contributed by atoms with E-state index in [2.05, 4.69) is 20.1 Å². The molecule has 0 bridgehead atoms. The van der Waals surface area contributed by atoms with Crippen molar-refractivity contribution in [3.63, 3.8) is 0 Å². The minimum Gasteiger partial charge on any atom is -0.353 e. The lowest BCUT2D eigenvalue weighted by Gasteiger charge is -1.96. The second-order valence-electron chi connectivity index (χ2n) is 4.72. The fourth-order valence-corrected chi connectivity index (χ4v) is 2.57. The maximum Gasteiger partial charge on any atom is 0.202 e. The molecule has 0 aromatic carbocycles. The molecular formula is C13H12N4O. The number of fused-ring (bicyclic) bond motifs is 3. The number of nitrogens with zero attached hydrogens (tertiary/aromatic N) is 3. The average molecular weight is 240 g/mol. The summed E-state index contributed by atoms with van der Waals surface area (Å²) in [5.74, 6) is 1.41. The number of aryl methyl sites for hydroxylation is 3. The standard InChI is InChI=1S/C13H12N4O/c1-7-5-11(18-17-7)13-15-10-6-14-9-4-2-3-8(9)12(10)16-13/h5-6H,2-4H2,1H3,(H,15,16). The number of H-pyrrole nitrogens is 1. The molecule has 0 amide bonds. The largest absolute Gasteiger partial charge is 0.353 e. The molecule has 1 aliphatic rings. The second-order valence-corrected chi connectivity index (χ2v) is 4.72. The van der Waals surface area contributed by atoms with Gasteiger partial charge in [0, 0.05) is 17.3 Å². The number of nitrogens with one attached hydrogen (secondary N) is 1. The van der Waals surface area contributed by atoms with E-state index in [1.807, 2.05) is 19.2 Å². The summed E-state index contributed by atoms with van der Waals surface area (Å²) < 4.78 is 5.24. The number of aromatic nitrogens is 4. The number of rotatable bonds is 1. The Balaban J connectivity index is 1.94. The van der Waals surface area contributed by atoms with E-state index in [0.29, 0.717) is 5.76 Å². The Morgan fingerprint density at radius 3 is 3.11 bits per heavy atom. The minimum absolute atomic E-state index is 0.676. The van der Waals surface area contributed by atoms with Gasteiger partial charge in [0.25, 0.3) is 0 Å². The van der Waals surface area contributed by atoms with Crippen LogP contribution in [0.15, 0.2) is 16.8 Å². The second kappa shape index (κ2) is 3.41. The van der Waals surface area contributed by atoms with Crippen LogP contribution in [0.2, 0.25) is 0 Å². The van der Waals surface area contributed by atoms with Gasteiger partial charge in [-0.1, -0.05) is 5.16 Å². The van der Waals surface area contributed by atoms with Gasteiger partial charge >= 0.3 is 0 Å². The molecule has 0 aliphatic heterocycles. The lowest BCUT2D eigenvalue weighted by molar-refractivity contribution is 0.425. The van der Waals surface area contributed by atoms with Crippen LogP contribution < -0.4 is 0 Å². The number of hydrogen-bond donors (Lipinski definition) is 1. The van der Waals surface area contributed by atoms with Gasteiger partial charge in [-0.2, -0.15) is 0 Å². The first-order valence-electron chi connectivity index (χ1n) is 6.11. The van der Waals surface area contributed by atoms with E-state index in [1.54, 1.807) is 0 Å². The maximum absolute atomic E-state index is 5.24. The Kier molecular flexibility index (Phi) is 1.86. The molecule has 0 unspecified atom stereocenters. The van der Waals surface area contributed by atoms with E-state index >= 15 is 0 Å². The van der Waals surface area contributed by atoms with E-state index in [-0.39, 0.29) is 0 Å². The van der Waals surface area contributed by atoms with Crippen molar-refractivity contribution in [2.24, 2.45) is 0 Å². The fraction of sp³-hybridized carbons (Fsp3) is 0.308. The van der Waals surface area contributed by atoms with Crippen molar-refractivity contribution >= 4 is 11.0 Å². The summed E-state index contributed by atoms with van der Waals surface area (Å²) in [6.07, 6.45) is 5.17. The molecule has 3 heterocycles. The highest BCUT2D eigenvalue weighted by Crippen LogP contribution is 2.29. The van der Waals surface area contributed by atoms with E-state index in [4.69, 9.17) is 4.52 Å². The summed E-state index contributed by atoms with van der Waals surface area (Å²) >= 11 is 0. The molecule has 90 valence electrons.